The molecule has 450 valence electrons. The van der Waals surface area contributed by atoms with Crippen molar-refractivity contribution in [3.63, 3.8) is 0 Å². The molecule has 0 aliphatic carbocycles. The van der Waals surface area contributed by atoms with Gasteiger partial charge in [0.25, 0.3) is 0 Å². The van der Waals surface area contributed by atoms with Crippen molar-refractivity contribution in [2.45, 2.75) is 315 Å². The van der Waals surface area contributed by atoms with Crippen LogP contribution in [0.25, 0.3) is 0 Å². The summed E-state index contributed by atoms with van der Waals surface area (Å²) in [6.45, 7) is 4.80. The fourth-order valence-electron chi connectivity index (χ4n) is 9.50. The van der Waals surface area contributed by atoms with E-state index in [0.29, 0.717) is 17.4 Å². The second-order valence-corrected chi connectivity index (χ2v) is 24.9. The lowest BCUT2D eigenvalue weighted by Gasteiger charge is -2.25. The molecule has 77 heavy (non-hydrogen) atoms. The predicted molar refractivity (Wildman–Crippen MR) is 337 cm³/mol. The fourth-order valence-corrected chi connectivity index (χ4v) is 10.2. The third kappa shape index (κ3) is 61.4. The van der Waals surface area contributed by atoms with Crippen LogP contribution in [0.1, 0.15) is 303 Å². The Morgan fingerprint density at radius 3 is 1.13 bits per heavy atom. The molecule has 0 rings (SSSR count). The van der Waals surface area contributed by atoms with Crippen LogP contribution >= 0.6 is 7.82 Å². The molecule has 0 aliphatic heterocycles. The van der Waals surface area contributed by atoms with E-state index in [4.69, 9.17) is 9.05 Å². The van der Waals surface area contributed by atoms with Crippen LogP contribution in [0.3, 0.4) is 0 Å². The van der Waals surface area contributed by atoms with Gasteiger partial charge in [-0.3, -0.25) is 13.8 Å². The topological polar surface area (TPSA) is 105 Å². The van der Waals surface area contributed by atoms with Crippen molar-refractivity contribution in [3.8, 4) is 0 Å². The normalized spacial score (nSPS) is 14.2. The highest BCUT2D eigenvalue weighted by molar-refractivity contribution is 7.47. The van der Waals surface area contributed by atoms with Crippen molar-refractivity contribution in [1.29, 1.82) is 0 Å². The maximum atomic E-state index is 13.0. The summed E-state index contributed by atoms with van der Waals surface area (Å²) >= 11 is 0. The Labute approximate surface area is 478 Å². The van der Waals surface area contributed by atoms with Crippen LogP contribution in [0.2, 0.25) is 0 Å². The number of carbonyl (C=O) groups excluding carboxylic acids is 1. The first-order valence-corrected chi connectivity index (χ1v) is 34.3. The smallest absolute Gasteiger partial charge is 0.387 e. The minimum Gasteiger partial charge on any atom is -0.387 e. The average Bonchev–Trinajstić information content (AvgIpc) is 3.39. The Hall–Kier alpha value is -2.06. The SMILES string of the molecule is CCCCCCC/C=C\C/C=C\C/C=C\CCCCCCCCCCCCCCCCC(=O)NC(COP(=O)(O)OCC[N+](C)(C)C)C(O)/C=C/CC/C=C/CC/C=C/CCCCCCCCCCCCCCCCCC. The zero-order valence-electron chi connectivity index (χ0n) is 51.4. The van der Waals surface area contributed by atoms with Gasteiger partial charge in [-0.25, -0.2) is 4.57 Å². The number of hydrogen-bond acceptors (Lipinski definition) is 5. The van der Waals surface area contributed by atoms with E-state index in [1.807, 2.05) is 27.2 Å². The van der Waals surface area contributed by atoms with Crippen LogP contribution in [0.5, 0.6) is 0 Å². The highest BCUT2D eigenvalue weighted by Gasteiger charge is 2.27. The van der Waals surface area contributed by atoms with Gasteiger partial charge in [0, 0.05) is 6.42 Å². The zero-order chi connectivity index (χ0) is 56.3. The molecule has 0 saturated carbocycles. The number of phosphoric ester groups is 1. The molecule has 0 aliphatic rings. The second-order valence-electron chi connectivity index (χ2n) is 23.5. The van der Waals surface area contributed by atoms with Crippen molar-refractivity contribution in [2.24, 2.45) is 0 Å². The van der Waals surface area contributed by atoms with E-state index in [9.17, 15) is 19.4 Å². The summed E-state index contributed by atoms with van der Waals surface area (Å²) in [5, 5.41) is 14.0. The molecule has 0 radical (unpaired) electrons. The van der Waals surface area contributed by atoms with Crippen LogP contribution in [-0.2, 0) is 18.4 Å². The summed E-state index contributed by atoms with van der Waals surface area (Å²) in [7, 11) is 1.55. The first kappa shape index (κ1) is 74.9. The summed E-state index contributed by atoms with van der Waals surface area (Å²) in [5.74, 6) is -0.190. The van der Waals surface area contributed by atoms with Gasteiger partial charge in [-0.05, 0) is 83.5 Å². The highest BCUT2D eigenvalue weighted by Crippen LogP contribution is 2.43. The first-order valence-electron chi connectivity index (χ1n) is 32.8. The van der Waals surface area contributed by atoms with Gasteiger partial charge in [0.05, 0.1) is 39.9 Å². The lowest BCUT2D eigenvalue weighted by Crippen LogP contribution is -2.45. The summed E-state index contributed by atoms with van der Waals surface area (Å²) < 4.78 is 23.8. The Morgan fingerprint density at radius 1 is 0.442 bits per heavy atom. The van der Waals surface area contributed by atoms with Gasteiger partial charge in [-0.2, -0.15) is 0 Å². The van der Waals surface area contributed by atoms with E-state index in [-0.39, 0.29) is 19.1 Å². The van der Waals surface area contributed by atoms with Gasteiger partial charge in [-0.15, -0.1) is 0 Å². The number of amides is 1. The molecule has 0 aromatic carbocycles. The molecule has 8 nitrogen and oxygen atoms in total. The molecule has 0 saturated heterocycles. The van der Waals surface area contributed by atoms with E-state index >= 15 is 0 Å². The number of aliphatic hydroxyl groups is 1. The molecule has 0 aromatic rings. The molecular formula is C68H128N2O6P+. The number of carbonyl (C=O) groups is 1. The van der Waals surface area contributed by atoms with E-state index < -0.39 is 20.0 Å². The van der Waals surface area contributed by atoms with Gasteiger partial charge >= 0.3 is 7.82 Å². The maximum absolute atomic E-state index is 13.0. The number of likely N-dealkylation sites (N-methyl/N-ethyl adjacent to an activating group) is 1. The van der Waals surface area contributed by atoms with Crippen LogP contribution in [0, 0.1) is 0 Å². The van der Waals surface area contributed by atoms with Crippen molar-refractivity contribution in [1.82, 2.24) is 5.32 Å². The largest absolute Gasteiger partial charge is 0.472 e. The number of hydrogen-bond donors (Lipinski definition) is 3. The fraction of sp³-hybridized carbons (Fsp3) is 0.809. The Morgan fingerprint density at radius 2 is 0.753 bits per heavy atom. The molecule has 0 heterocycles. The van der Waals surface area contributed by atoms with Crippen molar-refractivity contribution >= 4 is 13.7 Å². The van der Waals surface area contributed by atoms with Crippen LogP contribution in [0.15, 0.2) is 72.9 Å². The number of quaternary nitrogens is 1. The molecule has 1 amide bonds. The van der Waals surface area contributed by atoms with E-state index in [0.717, 1.165) is 57.8 Å². The van der Waals surface area contributed by atoms with E-state index in [1.165, 1.54) is 225 Å². The molecule has 0 aromatic heterocycles. The molecule has 0 spiro atoms. The third-order valence-electron chi connectivity index (χ3n) is 14.6. The number of nitrogens with zero attached hydrogens (tertiary/aromatic N) is 1. The monoisotopic (exact) mass is 1100 g/mol. The summed E-state index contributed by atoms with van der Waals surface area (Å²) in [4.78, 5) is 23.4. The number of unbranched alkanes of at least 4 members (excludes halogenated alkanes) is 37. The highest BCUT2D eigenvalue weighted by atomic mass is 31.2. The van der Waals surface area contributed by atoms with Gasteiger partial charge in [-0.1, -0.05) is 286 Å². The number of aliphatic hydroxyl groups excluding tert-OH is 1. The lowest BCUT2D eigenvalue weighted by molar-refractivity contribution is -0.870. The van der Waals surface area contributed by atoms with Gasteiger partial charge in [0.15, 0.2) is 0 Å². The minimum absolute atomic E-state index is 0.0516. The summed E-state index contributed by atoms with van der Waals surface area (Å²) in [6, 6.07) is -0.875. The van der Waals surface area contributed by atoms with Crippen molar-refractivity contribution in [3.05, 3.63) is 72.9 Å². The number of allylic oxidation sites excluding steroid dienone is 11. The maximum Gasteiger partial charge on any atom is 0.472 e. The molecule has 3 atom stereocenters. The number of nitrogens with one attached hydrogen (secondary N) is 1. The average molecular weight is 1100 g/mol. The number of phosphoric acid groups is 1. The van der Waals surface area contributed by atoms with Gasteiger partial charge in [0.1, 0.15) is 13.2 Å². The molecule has 0 fully saturated rings. The third-order valence-corrected chi connectivity index (χ3v) is 15.6. The number of rotatable bonds is 60. The Bertz CT molecular complexity index is 1480. The standard InChI is InChI=1S/C68H127N2O6P/c1-6-8-10-12-14-16-18-20-22-24-26-28-30-32-34-35-36-38-40-42-44-46-48-50-52-54-56-58-60-62-68(72)69-66(65-76-77(73,74)75-64-63-70(3,4)5)67(71)61-59-57-55-53-51-49-47-45-43-41-39-37-33-31-29-27-25-23-21-19-17-15-13-11-9-7-2/h18,20,24,26,30,32,43,45,51,53,59,61,66-67,71H,6-17,19,21-23,25,27-29,31,33-42,44,46-50,52,54-58,60,62-65H2,1-5H3,(H-,69,72,73,74)/p+1/b20-18-,26-24-,32-30-,45-43+,53-51+,61-59+. The van der Waals surface area contributed by atoms with Crippen molar-refractivity contribution < 1.29 is 32.9 Å². The molecule has 3 N–H and O–H groups in total. The van der Waals surface area contributed by atoms with Gasteiger partial charge < -0.3 is 19.8 Å². The van der Waals surface area contributed by atoms with Crippen molar-refractivity contribution in [2.75, 3.05) is 40.9 Å². The van der Waals surface area contributed by atoms with Gasteiger partial charge in [0.2, 0.25) is 5.91 Å². The first-order chi connectivity index (χ1) is 37.5. The van der Waals surface area contributed by atoms with E-state index in [1.54, 1.807) is 6.08 Å². The van der Waals surface area contributed by atoms with Crippen LogP contribution in [-0.4, -0.2) is 73.4 Å². The van der Waals surface area contributed by atoms with Crippen LogP contribution < -0.4 is 5.32 Å². The summed E-state index contributed by atoms with van der Waals surface area (Å²) in [5.41, 5.74) is 0. The predicted octanol–water partition coefficient (Wildman–Crippen LogP) is 20.6. The lowest BCUT2D eigenvalue weighted by atomic mass is 10.0. The van der Waals surface area contributed by atoms with Crippen LogP contribution in [0.4, 0.5) is 0 Å². The van der Waals surface area contributed by atoms with E-state index in [2.05, 4.69) is 79.9 Å². The molecule has 9 heteroatoms. The Balaban J connectivity index is 4.19. The molecule has 3 unspecified atom stereocenters. The second kappa shape index (κ2) is 58.6. The summed E-state index contributed by atoms with van der Waals surface area (Å²) in [6.07, 6.45) is 81.8. The zero-order valence-corrected chi connectivity index (χ0v) is 52.3. The minimum atomic E-state index is -4.37. The Kier molecular flexibility index (Phi) is 57.0. The molecular weight excluding hydrogens is 972 g/mol. The molecule has 0 bridgehead atoms. The quantitative estimate of drug-likeness (QED) is 0.0243.